The van der Waals surface area contributed by atoms with Gasteiger partial charge in [0.25, 0.3) is 0 Å². The van der Waals surface area contributed by atoms with Gasteiger partial charge in [-0.3, -0.25) is 4.79 Å². The molecule has 22 heavy (non-hydrogen) atoms. The Kier molecular flexibility index (Phi) is 4.30. The van der Waals surface area contributed by atoms with E-state index >= 15 is 0 Å². The Morgan fingerprint density at radius 2 is 1.45 bits per heavy atom. The summed E-state index contributed by atoms with van der Waals surface area (Å²) in [7, 11) is -1.62. The molecule has 3 rings (SSSR count). The first-order valence-electron chi connectivity index (χ1n) is 8.19. The molecule has 1 saturated carbocycles. The summed E-state index contributed by atoms with van der Waals surface area (Å²) >= 11 is 0. The number of Topliss-reactive ketones (excluding diaryl/α,β-unsaturated/α-hetero) is 1. The largest absolute Gasteiger partial charge is 0.300 e. The van der Waals surface area contributed by atoms with Crippen molar-refractivity contribution in [2.24, 2.45) is 0 Å². The number of carbonyl (C=O) groups is 1. The quantitative estimate of drug-likeness (QED) is 0.763. The maximum absolute atomic E-state index is 12.4. The lowest BCUT2D eigenvalue weighted by molar-refractivity contribution is -0.120. The summed E-state index contributed by atoms with van der Waals surface area (Å²) in [5, 5.41) is 1.47. The van der Waals surface area contributed by atoms with Crippen molar-refractivity contribution in [3.05, 3.63) is 66.2 Å². The second kappa shape index (κ2) is 6.21. The third kappa shape index (κ3) is 3.07. The van der Waals surface area contributed by atoms with Gasteiger partial charge in [0.05, 0.1) is 8.07 Å². The van der Waals surface area contributed by atoms with Crippen LogP contribution in [0.2, 0.25) is 18.6 Å². The highest BCUT2D eigenvalue weighted by Gasteiger charge is 2.39. The van der Waals surface area contributed by atoms with Gasteiger partial charge in [-0.25, -0.2) is 0 Å². The van der Waals surface area contributed by atoms with Crippen LogP contribution in [0, 0.1) is 0 Å². The van der Waals surface area contributed by atoms with Gasteiger partial charge in [0.1, 0.15) is 5.78 Å². The molecule has 0 spiro atoms. The van der Waals surface area contributed by atoms with Crippen LogP contribution in [0.15, 0.2) is 60.7 Å². The standard InChI is InChI=1S/C20H24OSi/c1-22(2,19-11-7-4-8-12-19)20-14-17(13-18(21)15-20)16-9-5-3-6-10-16/h3-12,17,20H,13-15H2,1-2H3/t17-,20+/m0/s1. The monoisotopic (exact) mass is 308 g/mol. The molecule has 2 heteroatoms. The Bertz CT molecular complexity index is 633. The molecule has 0 saturated heterocycles. The molecule has 2 aromatic rings. The molecule has 1 aliphatic carbocycles. The van der Waals surface area contributed by atoms with E-state index in [1.807, 2.05) is 6.07 Å². The number of carbonyl (C=O) groups excluding carboxylic acids is 1. The minimum Gasteiger partial charge on any atom is -0.300 e. The number of hydrogen-bond donors (Lipinski definition) is 0. The topological polar surface area (TPSA) is 17.1 Å². The van der Waals surface area contributed by atoms with Gasteiger partial charge in [0.15, 0.2) is 0 Å². The lowest BCUT2D eigenvalue weighted by Gasteiger charge is -2.38. The molecule has 0 heterocycles. The summed E-state index contributed by atoms with van der Waals surface area (Å²) in [5.74, 6) is 0.851. The highest BCUT2D eigenvalue weighted by atomic mass is 28.3. The van der Waals surface area contributed by atoms with Crippen molar-refractivity contribution in [2.45, 2.75) is 43.8 Å². The fourth-order valence-corrected chi connectivity index (χ4v) is 6.91. The number of rotatable bonds is 3. The van der Waals surface area contributed by atoms with E-state index in [2.05, 4.69) is 67.7 Å². The first-order valence-corrected chi connectivity index (χ1v) is 11.3. The van der Waals surface area contributed by atoms with E-state index < -0.39 is 8.07 Å². The smallest absolute Gasteiger partial charge is 0.133 e. The Balaban J connectivity index is 1.86. The van der Waals surface area contributed by atoms with Gasteiger partial charge in [-0.2, -0.15) is 0 Å². The Labute approximate surface area is 134 Å². The van der Waals surface area contributed by atoms with E-state index in [4.69, 9.17) is 0 Å². The molecule has 0 aliphatic heterocycles. The second-order valence-electron chi connectivity index (χ2n) is 7.07. The zero-order valence-electron chi connectivity index (χ0n) is 13.5. The van der Waals surface area contributed by atoms with Gasteiger partial charge >= 0.3 is 0 Å². The predicted octanol–water partition coefficient (Wildman–Crippen LogP) is 4.51. The molecular weight excluding hydrogens is 284 g/mol. The molecule has 0 radical (unpaired) electrons. The first kappa shape index (κ1) is 15.2. The van der Waals surface area contributed by atoms with E-state index in [1.54, 1.807) is 0 Å². The van der Waals surface area contributed by atoms with Crippen molar-refractivity contribution < 1.29 is 4.79 Å². The zero-order valence-corrected chi connectivity index (χ0v) is 14.5. The van der Waals surface area contributed by atoms with Gasteiger partial charge in [0.2, 0.25) is 0 Å². The predicted molar refractivity (Wildman–Crippen MR) is 95.3 cm³/mol. The maximum Gasteiger partial charge on any atom is 0.133 e. The first-order chi connectivity index (χ1) is 10.6. The Morgan fingerprint density at radius 3 is 2.09 bits per heavy atom. The van der Waals surface area contributed by atoms with Crippen LogP contribution < -0.4 is 5.19 Å². The van der Waals surface area contributed by atoms with Gasteiger partial charge in [-0.1, -0.05) is 78.9 Å². The van der Waals surface area contributed by atoms with E-state index in [0.717, 1.165) is 19.3 Å². The highest BCUT2D eigenvalue weighted by Crippen LogP contribution is 2.42. The molecule has 2 aromatic carbocycles. The summed E-state index contributed by atoms with van der Waals surface area (Å²) in [6.07, 6.45) is 2.65. The molecule has 1 fully saturated rings. The van der Waals surface area contributed by atoms with Gasteiger partial charge in [-0.05, 0) is 23.4 Å². The van der Waals surface area contributed by atoms with Crippen LogP contribution in [0.5, 0.6) is 0 Å². The van der Waals surface area contributed by atoms with E-state index in [0.29, 0.717) is 17.2 Å². The number of hydrogen-bond acceptors (Lipinski definition) is 1. The summed E-state index contributed by atoms with van der Waals surface area (Å²) < 4.78 is 0. The third-order valence-electron chi connectivity index (χ3n) is 5.33. The molecule has 114 valence electrons. The molecular formula is C20H24OSi. The fraction of sp³-hybridized carbons (Fsp3) is 0.350. The van der Waals surface area contributed by atoms with Crippen LogP contribution in [0.25, 0.3) is 0 Å². The van der Waals surface area contributed by atoms with E-state index in [1.165, 1.54) is 10.8 Å². The average molecular weight is 308 g/mol. The number of benzene rings is 2. The molecule has 1 nitrogen and oxygen atoms in total. The number of ketones is 1. The fourth-order valence-electron chi connectivity index (χ4n) is 3.78. The summed E-state index contributed by atoms with van der Waals surface area (Å²) in [5.41, 5.74) is 1.87. The van der Waals surface area contributed by atoms with Crippen LogP contribution in [0.3, 0.4) is 0 Å². The SMILES string of the molecule is C[Si](C)(c1ccccc1)[C@H]1CC(=O)C[C@H](c2ccccc2)C1. The molecule has 0 N–H and O–H groups in total. The van der Waals surface area contributed by atoms with Crippen LogP contribution in [-0.4, -0.2) is 13.9 Å². The molecule has 0 unspecified atom stereocenters. The minimum atomic E-state index is -1.62. The van der Waals surface area contributed by atoms with Crippen molar-refractivity contribution in [2.75, 3.05) is 0 Å². The van der Waals surface area contributed by atoms with E-state index in [-0.39, 0.29) is 0 Å². The zero-order chi connectivity index (χ0) is 15.6. The van der Waals surface area contributed by atoms with Crippen molar-refractivity contribution >= 4 is 19.0 Å². The Hall–Kier alpha value is -1.67. The maximum atomic E-state index is 12.4. The van der Waals surface area contributed by atoms with E-state index in [9.17, 15) is 4.79 Å². The van der Waals surface area contributed by atoms with Crippen LogP contribution in [-0.2, 0) is 4.79 Å². The van der Waals surface area contributed by atoms with Crippen molar-refractivity contribution in [3.63, 3.8) is 0 Å². The van der Waals surface area contributed by atoms with Crippen molar-refractivity contribution in [1.82, 2.24) is 0 Å². The molecule has 1 aliphatic rings. The normalized spacial score (nSPS) is 22.5. The molecule has 0 aromatic heterocycles. The minimum absolute atomic E-state index is 0.405. The second-order valence-corrected chi connectivity index (χ2v) is 11.9. The molecule has 0 bridgehead atoms. The summed E-state index contributed by atoms with van der Waals surface area (Å²) in [6.45, 7) is 4.85. The van der Waals surface area contributed by atoms with Crippen molar-refractivity contribution in [1.29, 1.82) is 0 Å². The molecule has 2 atom stereocenters. The third-order valence-corrected chi connectivity index (χ3v) is 9.63. The highest BCUT2D eigenvalue weighted by molar-refractivity contribution is 6.91. The van der Waals surface area contributed by atoms with Crippen LogP contribution in [0.4, 0.5) is 0 Å². The lowest BCUT2D eigenvalue weighted by atomic mass is 9.83. The van der Waals surface area contributed by atoms with Gasteiger partial charge in [0, 0.05) is 12.8 Å². The van der Waals surface area contributed by atoms with Crippen molar-refractivity contribution in [3.8, 4) is 0 Å². The summed E-state index contributed by atoms with van der Waals surface area (Å²) in [6, 6.07) is 21.4. The average Bonchev–Trinajstić information content (AvgIpc) is 2.56. The Morgan fingerprint density at radius 1 is 0.864 bits per heavy atom. The molecule has 0 amide bonds. The van der Waals surface area contributed by atoms with Gasteiger partial charge < -0.3 is 0 Å². The summed E-state index contributed by atoms with van der Waals surface area (Å²) in [4.78, 5) is 12.4. The van der Waals surface area contributed by atoms with Crippen LogP contribution >= 0.6 is 0 Å². The van der Waals surface area contributed by atoms with Crippen LogP contribution in [0.1, 0.15) is 30.7 Å². The lowest BCUT2D eigenvalue weighted by Crippen LogP contribution is -2.48. The van der Waals surface area contributed by atoms with Gasteiger partial charge in [-0.15, -0.1) is 0 Å².